The van der Waals surface area contributed by atoms with Gasteiger partial charge in [-0.25, -0.2) is 0 Å². The molecule has 0 amide bonds. The summed E-state index contributed by atoms with van der Waals surface area (Å²) in [4.78, 5) is 0. The van der Waals surface area contributed by atoms with Crippen molar-refractivity contribution in [3.8, 4) is 0 Å². The van der Waals surface area contributed by atoms with E-state index in [9.17, 15) is 0 Å². The van der Waals surface area contributed by atoms with Gasteiger partial charge in [0.05, 0.1) is 0 Å². The van der Waals surface area contributed by atoms with Crippen molar-refractivity contribution in [1.29, 1.82) is 0 Å². The molecule has 1 aliphatic rings. The van der Waals surface area contributed by atoms with Crippen LogP contribution in [0.5, 0.6) is 0 Å². The van der Waals surface area contributed by atoms with Crippen molar-refractivity contribution in [2.24, 2.45) is 0 Å². The summed E-state index contributed by atoms with van der Waals surface area (Å²) in [6.07, 6.45) is 2.18. The van der Waals surface area contributed by atoms with E-state index in [1.807, 2.05) is 6.92 Å². The van der Waals surface area contributed by atoms with Crippen molar-refractivity contribution in [3.63, 3.8) is 0 Å². The number of nitrogens with one attached hydrogen (secondary N) is 1. The van der Waals surface area contributed by atoms with Gasteiger partial charge in [0, 0.05) is 12.8 Å². The summed E-state index contributed by atoms with van der Waals surface area (Å²) < 4.78 is 5.50. The normalized spacial score (nSPS) is 24.1. The predicted molar refractivity (Wildman–Crippen MR) is 63.9 cm³/mol. The Morgan fingerprint density at radius 3 is 2.67 bits per heavy atom. The molecule has 1 N–H and O–H groups in total. The van der Waals surface area contributed by atoms with E-state index in [1.54, 1.807) is 7.11 Å². The number of fused-ring (bicyclic) bond motifs is 1. The fourth-order valence-corrected chi connectivity index (χ4v) is 1.85. The van der Waals surface area contributed by atoms with Crippen LogP contribution in [0.3, 0.4) is 0 Å². The quantitative estimate of drug-likeness (QED) is 0.756. The van der Waals surface area contributed by atoms with E-state index in [4.69, 9.17) is 4.74 Å². The molecule has 0 spiro atoms. The molecule has 1 aliphatic heterocycles. The van der Waals surface area contributed by atoms with E-state index in [0.717, 1.165) is 5.69 Å². The number of hydrogen-bond acceptors (Lipinski definition) is 2. The summed E-state index contributed by atoms with van der Waals surface area (Å²) in [5, 5.41) is 3.41. The first-order valence-electron chi connectivity index (χ1n) is 5.18. The molecule has 15 heavy (non-hydrogen) atoms. The highest BCUT2D eigenvalue weighted by atomic mass is 16.5. The van der Waals surface area contributed by atoms with E-state index in [0.29, 0.717) is 0 Å². The third kappa shape index (κ3) is 1.65. The minimum Gasteiger partial charge on any atom is -0.355 e. The zero-order valence-electron chi connectivity index (χ0n) is 9.72. The minimum absolute atomic E-state index is 0.373. The summed E-state index contributed by atoms with van der Waals surface area (Å²) in [6, 6.07) is 6.39. The van der Waals surface area contributed by atoms with Crippen LogP contribution in [-0.4, -0.2) is 12.8 Å². The average Bonchev–Trinajstić information content (AvgIpc) is 2.20. The smallest absolute Gasteiger partial charge is 0.157 e. The lowest BCUT2D eigenvalue weighted by molar-refractivity contribution is 0.0632. The van der Waals surface area contributed by atoms with Crippen LogP contribution in [0, 0.1) is 6.92 Å². The first kappa shape index (κ1) is 10.2. The van der Waals surface area contributed by atoms with Gasteiger partial charge in [-0.1, -0.05) is 11.6 Å². The summed E-state index contributed by atoms with van der Waals surface area (Å²) in [5.74, 6) is 0. The second kappa shape index (κ2) is 3.38. The number of ether oxygens (including phenoxy) is 1. The van der Waals surface area contributed by atoms with Crippen LogP contribution in [0.15, 0.2) is 23.8 Å². The third-order valence-electron chi connectivity index (χ3n) is 3.11. The highest BCUT2D eigenvalue weighted by Crippen LogP contribution is 2.33. The molecule has 0 bridgehead atoms. The minimum atomic E-state index is -0.373. The molecule has 0 fully saturated rings. The second-order valence-corrected chi connectivity index (χ2v) is 4.28. The van der Waals surface area contributed by atoms with Gasteiger partial charge in [-0.05, 0) is 50.1 Å². The standard InChI is InChI=1S/C13H17NO/c1-9-5-6-12-11(7-9)8-10(2)13(3,14-12)15-4/h5-8,14H,1-4H3. The van der Waals surface area contributed by atoms with Crippen LogP contribution in [0.2, 0.25) is 0 Å². The Bertz CT molecular complexity index is 423. The number of aryl methyl sites for hydroxylation is 1. The first-order chi connectivity index (χ1) is 7.05. The monoisotopic (exact) mass is 203 g/mol. The van der Waals surface area contributed by atoms with Gasteiger partial charge in [0.15, 0.2) is 5.72 Å². The number of rotatable bonds is 1. The molecular formula is C13H17NO. The largest absolute Gasteiger partial charge is 0.355 e. The van der Waals surface area contributed by atoms with Crippen molar-refractivity contribution in [2.75, 3.05) is 12.4 Å². The van der Waals surface area contributed by atoms with Crippen molar-refractivity contribution in [1.82, 2.24) is 0 Å². The van der Waals surface area contributed by atoms with Crippen LogP contribution in [0.4, 0.5) is 5.69 Å². The Kier molecular flexibility index (Phi) is 2.31. The molecule has 1 aromatic carbocycles. The fraction of sp³-hybridized carbons (Fsp3) is 0.385. The zero-order valence-corrected chi connectivity index (χ0v) is 9.72. The zero-order chi connectivity index (χ0) is 11.1. The van der Waals surface area contributed by atoms with E-state index in [2.05, 4.69) is 43.4 Å². The van der Waals surface area contributed by atoms with Crippen LogP contribution >= 0.6 is 0 Å². The van der Waals surface area contributed by atoms with E-state index < -0.39 is 0 Å². The Labute approximate surface area is 91.0 Å². The molecule has 0 saturated heterocycles. The number of methoxy groups -OCH3 is 1. The topological polar surface area (TPSA) is 21.3 Å². The summed E-state index contributed by atoms with van der Waals surface area (Å²) in [6.45, 7) is 6.23. The highest BCUT2D eigenvalue weighted by Gasteiger charge is 2.29. The van der Waals surface area contributed by atoms with Gasteiger partial charge in [-0.15, -0.1) is 0 Å². The Balaban J connectivity index is 2.50. The van der Waals surface area contributed by atoms with Crippen LogP contribution in [-0.2, 0) is 4.74 Å². The maximum absolute atomic E-state index is 5.50. The van der Waals surface area contributed by atoms with Gasteiger partial charge in [0.2, 0.25) is 0 Å². The van der Waals surface area contributed by atoms with E-state index in [-0.39, 0.29) is 5.72 Å². The number of hydrogen-bond donors (Lipinski definition) is 1. The SMILES string of the molecule is COC1(C)Nc2ccc(C)cc2C=C1C. The number of anilines is 1. The molecule has 80 valence electrons. The Morgan fingerprint density at radius 2 is 2.00 bits per heavy atom. The van der Waals surface area contributed by atoms with Crippen molar-refractivity contribution >= 4 is 11.8 Å². The van der Waals surface area contributed by atoms with Gasteiger partial charge in [-0.3, -0.25) is 0 Å². The van der Waals surface area contributed by atoms with Gasteiger partial charge in [0.25, 0.3) is 0 Å². The molecule has 0 aliphatic carbocycles. The molecule has 1 heterocycles. The molecule has 1 atom stereocenters. The number of benzene rings is 1. The maximum Gasteiger partial charge on any atom is 0.157 e. The molecule has 0 aromatic heterocycles. The lowest BCUT2D eigenvalue weighted by atomic mass is 9.96. The van der Waals surface area contributed by atoms with Crippen LogP contribution < -0.4 is 5.32 Å². The molecule has 2 rings (SSSR count). The molecule has 2 heteroatoms. The van der Waals surface area contributed by atoms with Gasteiger partial charge in [-0.2, -0.15) is 0 Å². The Hall–Kier alpha value is -1.28. The molecule has 1 unspecified atom stereocenters. The Morgan fingerprint density at radius 1 is 1.27 bits per heavy atom. The third-order valence-corrected chi connectivity index (χ3v) is 3.11. The molecular weight excluding hydrogens is 186 g/mol. The van der Waals surface area contributed by atoms with E-state index in [1.165, 1.54) is 16.7 Å². The fourth-order valence-electron chi connectivity index (χ4n) is 1.85. The average molecular weight is 203 g/mol. The molecule has 1 aromatic rings. The van der Waals surface area contributed by atoms with Gasteiger partial charge >= 0.3 is 0 Å². The first-order valence-corrected chi connectivity index (χ1v) is 5.18. The summed E-state index contributed by atoms with van der Waals surface area (Å²) in [5.41, 5.74) is 4.48. The summed E-state index contributed by atoms with van der Waals surface area (Å²) >= 11 is 0. The maximum atomic E-state index is 5.50. The molecule has 0 saturated carbocycles. The van der Waals surface area contributed by atoms with E-state index >= 15 is 0 Å². The molecule has 2 nitrogen and oxygen atoms in total. The van der Waals surface area contributed by atoms with Crippen molar-refractivity contribution in [2.45, 2.75) is 26.5 Å². The van der Waals surface area contributed by atoms with Gasteiger partial charge < -0.3 is 10.1 Å². The van der Waals surface area contributed by atoms with Crippen molar-refractivity contribution < 1.29 is 4.74 Å². The van der Waals surface area contributed by atoms with Crippen LogP contribution in [0.1, 0.15) is 25.0 Å². The highest BCUT2D eigenvalue weighted by molar-refractivity contribution is 5.74. The lowest BCUT2D eigenvalue weighted by Crippen LogP contribution is -2.40. The van der Waals surface area contributed by atoms with Gasteiger partial charge in [0.1, 0.15) is 0 Å². The predicted octanol–water partition coefficient (Wildman–Crippen LogP) is 3.19. The second-order valence-electron chi connectivity index (χ2n) is 4.28. The lowest BCUT2D eigenvalue weighted by Gasteiger charge is -2.35. The van der Waals surface area contributed by atoms with Crippen LogP contribution in [0.25, 0.3) is 6.08 Å². The summed E-state index contributed by atoms with van der Waals surface area (Å²) in [7, 11) is 1.73. The molecule has 0 radical (unpaired) electrons. The van der Waals surface area contributed by atoms with Crippen molar-refractivity contribution in [3.05, 3.63) is 34.9 Å².